The Morgan fingerprint density at radius 2 is 2.40 bits per heavy atom. The van der Waals surface area contributed by atoms with Gasteiger partial charge in [-0.3, -0.25) is 0 Å². The molecule has 3 nitrogen and oxygen atoms in total. The highest BCUT2D eigenvalue weighted by Gasteiger charge is 2.00. The Balaban J connectivity index is 3.04. The van der Waals surface area contributed by atoms with Crippen molar-refractivity contribution in [2.45, 2.75) is 5.88 Å². The number of hydrogen-bond acceptors (Lipinski definition) is 3. The van der Waals surface area contributed by atoms with Gasteiger partial charge in [-0.25, -0.2) is 14.4 Å². The summed E-state index contributed by atoms with van der Waals surface area (Å²) in [7, 11) is 0. The van der Waals surface area contributed by atoms with E-state index in [1.54, 1.807) is 0 Å². The van der Waals surface area contributed by atoms with Gasteiger partial charge in [0.2, 0.25) is 0 Å². The molecule has 0 fully saturated rings. The number of nitrogen functional groups attached to an aromatic ring is 1. The SMILES string of the molecule is Nc1nc(CCl)ncc1F. The van der Waals surface area contributed by atoms with Crippen LogP contribution in [0.5, 0.6) is 0 Å². The summed E-state index contributed by atoms with van der Waals surface area (Å²) in [6, 6.07) is 0. The van der Waals surface area contributed by atoms with Crippen molar-refractivity contribution < 1.29 is 4.39 Å². The van der Waals surface area contributed by atoms with E-state index in [0.717, 1.165) is 6.20 Å². The van der Waals surface area contributed by atoms with Crippen molar-refractivity contribution in [1.82, 2.24) is 9.97 Å². The molecular weight excluding hydrogens is 157 g/mol. The fraction of sp³-hybridized carbons (Fsp3) is 0.200. The standard InChI is InChI=1S/C5H5ClFN3/c6-1-4-9-2-3(7)5(8)10-4/h2H,1H2,(H2,8,9,10). The molecule has 1 heterocycles. The molecule has 0 aliphatic carbocycles. The first-order valence-corrected chi connectivity index (χ1v) is 3.10. The monoisotopic (exact) mass is 161 g/mol. The van der Waals surface area contributed by atoms with Crippen molar-refractivity contribution in [2.75, 3.05) is 5.73 Å². The molecular formula is C5H5ClFN3. The molecule has 0 unspecified atom stereocenters. The average molecular weight is 162 g/mol. The van der Waals surface area contributed by atoms with Crippen LogP contribution in [0, 0.1) is 5.82 Å². The van der Waals surface area contributed by atoms with E-state index in [-0.39, 0.29) is 11.7 Å². The Morgan fingerprint density at radius 3 is 2.90 bits per heavy atom. The zero-order valence-corrected chi connectivity index (χ0v) is 5.77. The summed E-state index contributed by atoms with van der Waals surface area (Å²) in [4.78, 5) is 7.11. The summed E-state index contributed by atoms with van der Waals surface area (Å²) in [5, 5.41) is 0. The lowest BCUT2D eigenvalue weighted by Crippen LogP contribution is -2.00. The summed E-state index contributed by atoms with van der Waals surface area (Å²) >= 11 is 5.35. The number of nitrogens with two attached hydrogens (primary N) is 1. The first kappa shape index (κ1) is 7.21. The van der Waals surface area contributed by atoms with Gasteiger partial charge in [-0.15, -0.1) is 11.6 Å². The topological polar surface area (TPSA) is 51.8 Å². The molecule has 0 radical (unpaired) electrons. The van der Waals surface area contributed by atoms with Crippen molar-refractivity contribution in [2.24, 2.45) is 0 Å². The fourth-order valence-corrected chi connectivity index (χ4v) is 0.612. The molecule has 54 valence electrons. The molecule has 0 bridgehead atoms. The van der Waals surface area contributed by atoms with Gasteiger partial charge >= 0.3 is 0 Å². The van der Waals surface area contributed by atoms with Crippen LogP contribution in [-0.2, 0) is 5.88 Å². The van der Waals surface area contributed by atoms with Gasteiger partial charge in [-0.1, -0.05) is 0 Å². The lowest BCUT2D eigenvalue weighted by molar-refractivity contribution is 0.617. The van der Waals surface area contributed by atoms with Gasteiger partial charge < -0.3 is 5.73 Å². The summed E-state index contributed by atoms with van der Waals surface area (Å²) in [5.41, 5.74) is 5.11. The molecule has 0 saturated carbocycles. The molecule has 1 aromatic rings. The van der Waals surface area contributed by atoms with E-state index < -0.39 is 5.82 Å². The van der Waals surface area contributed by atoms with E-state index in [1.807, 2.05) is 0 Å². The van der Waals surface area contributed by atoms with Crippen molar-refractivity contribution in [1.29, 1.82) is 0 Å². The summed E-state index contributed by atoms with van der Waals surface area (Å²) in [6.45, 7) is 0. The van der Waals surface area contributed by atoms with Crippen LogP contribution >= 0.6 is 11.6 Å². The molecule has 2 N–H and O–H groups in total. The third-order valence-electron chi connectivity index (χ3n) is 0.941. The number of halogens is 2. The zero-order chi connectivity index (χ0) is 7.56. The third-order valence-corrected chi connectivity index (χ3v) is 1.18. The van der Waals surface area contributed by atoms with Crippen LogP contribution in [0.4, 0.5) is 10.2 Å². The molecule has 0 amide bonds. The molecule has 5 heteroatoms. The molecule has 1 rings (SSSR count). The third kappa shape index (κ3) is 1.33. The molecule has 0 aliphatic rings. The molecule has 10 heavy (non-hydrogen) atoms. The van der Waals surface area contributed by atoms with Crippen LogP contribution in [-0.4, -0.2) is 9.97 Å². The van der Waals surface area contributed by atoms with E-state index in [4.69, 9.17) is 17.3 Å². The second-order valence-corrected chi connectivity index (χ2v) is 1.92. The van der Waals surface area contributed by atoms with Gasteiger partial charge in [0.05, 0.1) is 12.1 Å². The largest absolute Gasteiger partial charge is 0.381 e. The van der Waals surface area contributed by atoms with Crippen LogP contribution in [0.15, 0.2) is 6.20 Å². The molecule has 0 atom stereocenters. The van der Waals surface area contributed by atoms with Crippen LogP contribution in [0.25, 0.3) is 0 Å². The lowest BCUT2D eigenvalue weighted by Gasteiger charge is -1.95. The van der Waals surface area contributed by atoms with E-state index in [1.165, 1.54) is 0 Å². The Hall–Kier alpha value is -0.900. The highest BCUT2D eigenvalue weighted by atomic mass is 35.5. The van der Waals surface area contributed by atoms with E-state index >= 15 is 0 Å². The highest BCUT2D eigenvalue weighted by molar-refractivity contribution is 6.16. The molecule has 0 aromatic carbocycles. The number of hydrogen-bond donors (Lipinski definition) is 1. The zero-order valence-electron chi connectivity index (χ0n) is 5.01. The highest BCUT2D eigenvalue weighted by Crippen LogP contribution is 2.04. The number of anilines is 1. The second kappa shape index (κ2) is 2.79. The Kier molecular flexibility index (Phi) is 2.01. The fourth-order valence-electron chi connectivity index (χ4n) is 0.483. The Labute approximate surface area is 62.0 Å². The van der Waals surface area contributed by atoms with E-state index in [0.29, 0.717) is 5.82 Å². The van der Waals surface area contributed by atoms with Crippen molar-refractivity contribution >= 4 is 17.4 Å². The van der Waals surface area contributed by atoms with Crippen LogP contribution in [0.3, 0.4) is 0 Å². The van der Waals surface area contributed by atoms with Crippen molar-refractivity contribution in [3.8, 4) is 0 Å². The minimum atomic E-state index is -0.617. The number of alkyl halides is 1. The van der Waals surface area contributed by atoms with Gasteiger partial charge in [-0.05, 0) is 0 Å². The smallest absolute Gasteiger partial charge is 0.183 e. The molecule has 1 aromatic heterocycles. The van der Waals surface area contributed by atoms with E-state index in [9.17, 15) is 4.39 Å². The van der Waals surface area contributed by atoms with Crippen molar-refractivity contribution in [3.63, 3.8) is 0 Å². The minimum absolute atomic E-state index is 0.143. The second-order valence-electron chi connectivity index (χ2n) is 1.65. The maximum atomic E-state index is 12.3. The van der Waals surface area contributed by atoms with E-state index in [2.05, 4.69) is 9.97 Å². The average Bonchev–Trinajstić information content (AvgIpc) is 1.95. The number of aromatic nitrogens is 2. The van der Waals surface area contributed by atoms with Gasteiger partial charge in [0.1, 0.15) is 5.82 Å². The van der Waals surface area contributed by atoms with Gasteiger partial charge in [0.25, 0.3) is 0 Å². The van der Waals surface area contributed by atoms with Crippen molar-refractivity contribution in [3.05, 3.63) is 17.8 Å². The maximum Gasteiger partial charge on any atom is 0.183 e. The summed E-state index contributed by atoms with van der Waals surface area (Å²) in [5.74, 6) is -0.301. The van der Waals surface area contributed by atoms with Gasteiger partial charge in [0.15, 0.2) is 11.6 Å². The predicted molar refractivity (Wildman–Crippen MR) is 36.0 cm³/mol. The normalized spacial score (nSPS) is 9.80. The number of rotatable bonds is 1. The van der Waals surface area contributed by atoms with Gasteiger partial charge in [0, 0.05) is 0 Å². The minimum Gasteiger partial charge on any atom is -0.381 e. The lowest BCUT2D eigenvalue weighted by atomic mass is 10.5. The number of nitrogens with zero attached hydrogens (tertiary/aromatic N) is 2. The quantitative estimate of drug-likeness (QED) is 0.624. The first-order chi connectivity index (χ1) is 4.74. The maximum absolute atomic E-state index is 12.3. The van der Waals surface area contributed by atoms with Crippen LogP contribution in [0.2, 0.25) is 0 Å². The summed E-state index contributed by atoms with van der Waals surface area (Å²) < 4.78 is 12.3. The van der Waals surface area contributed by atoms with Crippen LogP contribution < -0.4 is 5.73 Å². The first-order valence-electron chi connectivity index (χ1n) is 2.57. The molecule has 0 saturated heterocycles. The van der Waals surface area contributed by atoms with Crippen LogP contribution in [0.1, 0.15) is 5.82 Å². The molecule has 0 aliphatic heterocycles. The van der Waals surface area contributed by atoms with Gasteiger partial charge in [-0.2, -0.15) is 0 Å². The Morgan fingerprint density at radius 1 is 1.70 bits per heavy atom. The Bertz CT molecular complexity index is 240. The molecule has 0 spiro atoms. The predicted octanol–water partition coefficient (Wildman–Crippen LogP) is 0.937. The summed E-state index contributed by atoms with van der Waals surface area (Å²) in [6.07, 6.45) is 1.00.